The number of benzene rings is 2. The van der Waals surface area contributed by atoms with Gasteiger partial charge in [-0.2, -0.15) is 0 Å². The topological polar surface area (TPSA) is 45.1 Å². The number of hydrogen-bond donors (Lipinski definition) is 1. The number of rotatable bonds is 4. The first-order valence-corrected chi connectivity index (χ1v) is 9.04. The molecule has 3 N–H and O–H groups in total. The van der Waals surface area contributed by atoms with Crippen LogP contribution in [0.2, 0.25) is 0 Å². The van der Waals surface area contributed by atoms with E-state index in [9.17, 15) is 4.39 Å². The first kappa shape index (κ1) is 15.8. The summed E-state index contributed by atoms with van der Waals surface area (Å²) in [5, 5.41) is 4.00. The van der Waals surface area contributed by atoms with Crippen LogP contribution in [-0.2, 0) is 13.5 Å². The van der Waals surface area contributed by atoms with Gasteiger partial charge in [-0.1, -0.05) is 41.7 Å². The van der Waals surface area contributed by atoms with Crippen LogP contribution >= 0.6 is 11.3 Å². The van der Waals surface area contributed by atoms with Gasteiger partial charge >= 0.3 is 5.13 Å². The number of nitrogens with one attached hydrogen (secondary N) is 1. The number of thiazole rings is 1. The number of nitrogens with zero attached hydrogens (tertiary/aromatic N) is 1. The third-order valence-electron chi connectivity index (χ3n) is 4.61. The van der Waals surface area contributed by atoms with E-state index < -0.39 is 0 Å². The van der Waals surface area contributed by atoms with E-state index in [1.54, 1.807) is 0 Å². The maximum Gasteiger partial charge on any atom is 0.329 e. The second-order valence-corrected chi connectivity index (χ2v) is 7.19. The lowest BCUT2D eigenvalue weighted by Crippen LogP contribution is -2.17. The van der Waals surface area contributed by atoms with Crippen molar-refractivity contribution in [3.05, 3.63) is 82.7 Å². The molecule has 1 unspecified atom stereocenters. The number of aromatic nitrogens is 2. The van der Waals surface area contributed by atoms with Crippen LogP contribution in [0.25, 0.3) is 10.9 Å². The smallest absolute Gasteiger partial charge is 0.329 e. The van der Waals surface area contributed by atoms with E-state index in [1.165, 1.54) is 39.9 Å². The molecule has 0 aliphatic carbocycles. The second-order valence-electron chi connectivity index (χ2n) is 6.28. The van der Waals surface area contributed by atoms with Crippen LogP contribution in [0.1, 0.15) is 22.7 Å². The number of anilines is 1. The molecule has 3 nitrogen and oxygen atoms in total. The Hall–Kier alpha value is -2.66. The average molecular weight is 352 g/mol. The molecule has 0 saturated carbocycles. The third kappa shape index (κ3) is 3.03. The Balaban J connectivity index is 1.83. The zero-order valence-electron chi connectivity index (χ0n) is 13.9. The predicted molar refractivity (Wildman–Crippen MR) is 100 cm³/mol. The maximum absolute atomic E-state index is 13.3. The highest BCUT2D eigenvalue weighted by atomic mass is 32.1. The number of aromatic amines is 1. The van der Waals surface area contributed by atoms with E-state index in [4.69, 9.17) is 5.73 Å². The summed E-state index contributed by atoms with van der Waals surface area (Å²) in [6, 6.07) is 15.1. The van der Waals surface area contributed by atoms with E-state index in [2.05, 4.69) is 52.4 Å². The lowest BCUT2D eigenvalue weighted by atomic mass is 9.89. The number of nitrogens with two attached hydrogens (primary N) is 1. The van der Waals surface area contributed by atoms with Crippen molar-refractivity contribution in [2.24, 2.45) is 7.05 Å². The van der Waals surface area contributed by atoms with Crippen molar-refractivity contribution in [1.29, 1.82) is 0 Å². The summed E-state index contributed by atoms with van der Waals surface area (Å²) < 4.78 is 15.4. The Labute approximate surface area is 149 Å². The van der Waals surface area contributed by atoms with Gasteiger partial charge in [-0.05, 0) is 35.7 Å². The van der Waals surface area contributed by atoms with Gasteiger partial charge in [-0.3, -0.25) is 5.73 Å². The Morgan fingerprint density at radius 3 is 2.64 bits per heavy atom. The Morgan fingerprint density at radius 2 is 1.92 bits per heavy atom. The molecule has 4 rings (SSSR count). The van der Waals surface area contributed by atoms with Crippen molar-refractivity contribution in [2.45, 2.75) is 12.3 Å². The molecule has 4 aromatic rings. The SMILES string of the molecule is Cn1cc(C(Cc2ccc(F)cc2)c2csc(N)[nH+]2)c2ccccc21. The van der Waals surface area contributed by atoms with Crippen LogP contribution in [0.4, 0.5) is 9.52 Å². The monoisotopic (exact) mass is 352 g/mol. The van der Waals surface area contributed by atoms with Crippen molar-refractivity contribution in [3.63, 3.8) is 0 Å². The number of halogens is 1. The summed E-state index contributed by atoms with van der Waals surface area (Å²) in [4.78, 5) is 3.29. The molecule has 5 heteroatoms. The summed E-state index contributed by atoms with van der Waals surface area (Å²) >= 11 is 1.51. The zero-order valence-corrected chi connectivity index (χ0v) is 14.7. The lowest BCUT2D eigenvalue weighted by Gasteiger charge is -2.13. The van der Waals surface area contributed by atoms with Crippen molar-refractivity contribution >= 4 is 27.4 Å². The fourth-order valence-corrected chi connectivity index (χ4v) is 4.05. The Morgan fingerprint density at radius 1 is 1.16 bits per heavy atom. The summed E-state index contributed by atoms with van der Waals surface area (Å²) in [7, 11) is 2.06. The fourth-order valence-electron chi connectivity index (χ4n) is 3.39. The number of hydrogen-bond acceptors (Lipinski definition) is 2. The third-order valence-corrected chi connectivity index (χ3v) is 5.34. The highest BCUT2D eigenvalue weighted by Gasteiger charge is 2.24. The molecule has 0 fully saturated rings. The molecule has 2 aromatic heterocycles. The van der Waals surface area contributed by atoms with Crippen molar-refractivity contribution in [3.8, 4) is 0 Å². The van der Waals surface area contributed by atoms with Gasteiger partial charge in [0.2, 0.25) is 0 Å². The maximum atomic E-state index is 13.3. The number of para-hydroxylation sites is 1. The van der Waals surface area contributed by atoms with Gasteiger partial charge in [0.25, 0.3) is 0 Å². The number of nitrogen functional groups attached to an aromatic ring is 1. The predicted octanol–water partition coefficient (Wildman–Crippen LogP) is 4.15. The Kier molecular flexibility index (Phi) is 4.01. The van der Waals surface area contributed by atoms with Crippen LogP contribution in [0.5, 0.6) is 0 Å². The summed E-state index contributed by atoms with van der Waals surface area (Å²) in [5.74, 6) is -0.0816. The van der Waals surface area contributed by atoms with Crippen molar-refractivity contribution in [1.82, 2.24) is 4.57 Å². The first-order chi connectivity index (χ1) is 12.1. The van der Waals surface area contributed by atoms with E-state index >= 15 is 0 Å². The average Bonchev–Trinajstić information content (AvgIpc) is 3.19. The van der Waals surface area contributed by atoms with Gasteiger partial charge in [0, 0.05) is 29.5 Å². The van der Waals surface area contributed by atoms with E-state index in [-0.39, 0.29) is 11.7 Å². The molecule has 0 spiro atoms. The van der Waals surface area contributed by atoms with Crippen LogP contribution in [0.3, 0.4) is 0 Å². The standard InChI is InChI=1S/C20H18FN3S/c1-24-11-17(15-4-2-3-5-19(15)24)16(18-12-25-20(22)23-18)10-13-6-8-14(21)9-7-13/h2-9,11-12,16H,10H2,1H3,(H2,22,23)/p+1. The fraction of sp³-hybridized carbons (Fsp3) is 0.150. The lowest BCUT2D eigenvalue weighted by molar-refractivity contribution is -0.368. The minimum absolute atomic E-state index is 0.130. The minimum atomic E-state index is -0.211. The molecule has 2 aromatic carbocycles. The number of aryl methyl sites for hydroxylation is 1. The largest absolute Gasteiger partial charge is 0.350 e. The van der Waals surface area contributed by atoms with Gasteiger partial charge in [-0.25, -0.2) is 9.37 Å². The van der Waals surface area contributed by atoms with Gasteiger partial charge < -0.3 is 4.57 Å². The molecule has 0 aliphatic rings. The molecule has 0 aliphatic heterocycles. The summed E-state index contributed by atoms with van der Waals surface area (Å²) in [6.45, 7) is 0. The van der Waals surface area contributed by atoms with E-state index in [0.29, 0.717) is 5.13 Å². The van der Waals surface area contributed by atoms with E-state index in [1.807, 2.05) is 12.1 Å². The van der Waals surface area contributed by atoms with Gasteiger partial charge in [0.15, 0.2) is 0 Å². The highest BCUT2D eigenvalue weighted by molar-refractivity contribution is 7.13. The Bertz CT molecular complexity index is 1020. The first-order valence-electron chi connectivity index (χ1n) is 8.16. The van der Waals surface area contributed by atoms with Crippen LogP contribution in [0.15, 0.2) is 60.1 Å². The van der Waals surface area contributed by atoms with Gasteiger partial charge in [-0.15, -0.1) is 0 Å². The quantitative estimate of drug-likeness (QED) is 0.589. The molecule has 126 valence electrons. The molecular formula is C20H19FN3S+. The second kappa shape index (κ2) is 6.33. The van der Waals surface area contributed by atoms with Gasteiger partial charge in [0.05, 0.1) is 5.92 Å². The minimum Gasteiger partial charge on any atom is -0.350 e. The van der Waals surface area contributed by atoms with Crippen LogP contribution in [0, 0.1) is 5.82 Å². The normalized spacial score (nSPS) is 12.6. The van der Waals surface area contributed by atoms with Crippen molar-refractivity contribution in [2.75, 3.05) is 5.73 Å². The molecule has 25 heavy (non-hydrogen) atoms. The summed E-state index contributed by atoms with van der Waals surface area (Å²) in [5.41, 5.74) is 10.6. The molecule has 2 heterocycles. The highest BCUT2D eigenvalue weighted by Crippen LogP contribution is 2.34. The zero-order chi connectivity index (χ0) is 17.4. The van der Waals surface area contributed by atoms with Crippen LogP contribution in [-0.4, -0.2) is 4.57 Å². The summed E-state index contributed by atoms with van der Waals surface area (Å²) in [6.07, 6.45) is 2.96. The van der Waals surface area contributed by atoms with Crippen molar-refractivity contribution < 1.29 is 9.37 Å². The number of H-pyrrole nitrogens is 1. The van der Waals surface area contributed by atoms with Crippen LogP contribution < -0.4 is 10.7 Å². The molecular weight excluding hydrogens is 333 g/mol. The molecule has 0 radical (unpaired) electrons. The van der Waals surface area contributed by atoms with E-state index in [0.717, 1.165) is 17.7 Å². The molecule has 1 atom stereocenters. The number of fused-ring (bicyclic) bond motifs is 1. The molecule has 0 bridgehead atoms. The molecule has 0 saturated heterocycles. The van der Waals surface area contributed by atoms with Gasteiger partial charge in [0.1, 0.15) is 11.5 Å². The molecule has 0 amide bonds.